The molecule has 1 aromatic rings. The molecule has 0 aliphatic rings. The quantitative estimate of drug-likeness (QED) is 0.681. The van der Waals surface area contributed by atoms with Crippen LogP contribution in [0.1, 0.15) is 22.3 Å². The SMILES string of the molecule is COCCCN(CCOC)C(=O)c1ccc(Br)c(C)c1. The lowest BCUT2D eigenvalue weighted by molar-refractivity contribution is 0.0674. The number of halogens is 1. The summed E-state index contributed by atoms with van der Waals surface area (Å²) in [5, 5.41) is 0. The summed E-state index contributed by atoms with van der Waals surface area (Å²) in [6.07, 6.45) is 0.821. The van der Waals surface area contributed by atoms with E-state index < -0.39 is 0 Å². The van der Waals surface area contributed by atoms with E-state index in [-0.39, 0.29) is 5.91 Å². The van der Waals surface area contributed by atoms with E-state index >= 15 is 0 Å². The molecule has 0 N–H and O–H groups in total. The molecule has 112 valence electrons. The minimum atomic E-state index is 0.0359. The summed E-state index contributed by atoms with van der Waals surface area (Å²) in [5.74, 6) is 0.0359. The van der Waals surface area contributed by atoms with Crippen molar-refractivity contribution in [2.75, 3.05) is 40.5 Å². The molecule has 0 radical (unpaired) electrons. The number of aryl methyl sites for hydroxylation is 1. The molecule has 0 aromatic heterocycles. The van der Waals surface area contributed by atoms with E-state index in [0.29, 0.717) is 31.9 Å². The van der Waals surface area contributed by atoms with Crippen molar-refractivity contribution in [1.29, 1.82) is 0 Å². The first-order chi connectivity index (χ1) is 9.60. The van der Waals surface area contributed by atoms with Crippen molar-refractivity contribution < 1.29 is 14.3 Å². The van der Waals surface area contributed by atoms with Crippen molar-refractivity contribution in [3.8, 4) is 0 Å². The molecule has 0 spiro atoms. The second-order valence-corrected chi connectivity index (χ2v) is 5.45. The average molecular weight is 344 g/mol. The molecule has 20 heavy (non-hydrogen) atoms. The van der Waals surface area contributed by atoms with Gasteiger partial charge in [-0.2, -0.15) is 0 Å². The summed E-state index contributed by atoms with van der Waals surface area (Å²) in [4.78, 5) is 14.3. The van der Waals surface area contributed by atoms with Gasteiger partial charge < -0.3 is 14.4 Å². The highest BCUT2D eigenvalue weighted by atomic mass is 79.9. The summed E-state index contributed by atoms with van der Waals surface area (Å²) in [7, 11) is 3.31. The number of hydrogen-bond acceptors (Lipinski definition) is 3. The van der Waals surface area contributed by atoms with E-state index in [2.05, 4.69) is 15.9 Å². The van der Waals surface area contributed by atoms with Crippen LogP contribution in [-0.4, -0.2) is 51.3 Å². The van der Waals surface area contributed by atoms with Crippen molar-refractivity contribution in [2.45, 2.75) is 13.3 Å². The molecule has 1 aromatic carbocycles. The molecular formula is C15H22BrNO3. The first-order valence-corrected chi connectivity index (χ1v) is 7.42. The Bertz CT molecular complexity index is 437. The Kier molecular flexibility index (Phi) is 7.80. The summed E-state index contributed by atoms with van der Waals surface area (Å²) >= 11 is 3.45. The molecule has 5 heteroatoms. The van der Waals surface area contributed by atoms with Gasteiger partial charge in [0, 0.05) is 44.0 Å². The van der Waals surface area contributed by atoms with Crippen LogP contribution in [0.4, 0.5) is 0 Å². The summed E-state index contributed by atoms with van der Waals surface area (Å²) in [5.41, 5.74) is 1.76. The zero-order valence-electron chi connectivity index (χ0n) is 12.3. The summed E-state index contributed by atoms with van der Waals surface area (Å²) in [6, 6.07) is 5.66. The smallest absolute Gasteiger partial charge is 0.253 e. The minimum Gasteiger partial charge on any atom is -0.385 e. The highest BCUT2D eigenvalue weighted by molar-refractivity contribution is 9.10. The van der Waals surface area contributed by atoms with Gasteiger partial charge in [-0.05, 0) is 37.1 Å². The molecule has 0 aliphatic carbocycles. The summed E-state index contributed by atoms with van der Waals surface area (Å²) < 4.78 is 11.1. The number of benzene rings is 1. The number of amides is 1. The second kappa shape index (κ2) is 9.10. The molecular weight excluding hydrogens is 322 g/mol. The maximum Gasteiger partial charge on any atom is 0.253 e. The Morgan fingerprint density at radius 3 is 2.50 bits per heavy atom. The Balaban J connectivity index is 2.76. The lowest BCUT2D eigenvalue weighted by Crippen LogP contribution is -2.35. The van der Waals surface area contributed by atoms with E-state index in [1.54, 1.807) is 14.2 Å². The van der Waals surface area contributed by atoms with Gasteiger partial charge in [0.15, 0.2) is 0 Å². The molecule has 0 unspecified atom stereocenters. The largest absolute Gasteiger partial charge is 0.385 e. The maximum atomic E-state index is 12.5. The van der Waals surface area contributed by atoms with Gasteiger partial charge in [-0.1, -0.05) is 15.9 Å². The lowest BCUT2D eigenvalue weighted by atomic mass is 10.1. The third-order valence-electron chi connectivity index (χ3n) is 3.03. The molecule has 0 heterocycles. The van der Waals surface area contributed by atoms with Crippen molar-refractivity contribution in [3.05, 3.63) is 33.8 Å². The molecule has 0 bridgehead atoms. The number of carbonyl (C=O) groups excluding carboxylic acids is 1. The predicted molar refractivity (Wildman–Crippen MR) is 83.2 cm³/mol. The van der Waals surface area contributed by atoms with Crippen LogP contribution in [0.3, 0.4) is 0 Å². The van der Waals surface area contributed by atoms with Gasteiger partial charge in [-0.25, -0.2) is 0 Å². The van der Waals surface area contributed by atoms with Gasteiger partial charge in [0.05, 0.1) is 6.61 Å². The first-order valence-electron chi connectivity index (χ1n) is 6.63. The maximum absolute atomic E-state index is 12.5. The van der Waals surface area contributed by atoms with Crippen LogP contribution in [0.25, 0.3) is 0 Å². The Labute approximate surface area is 129 Å². The van der Waals surface area contributed by atoms with E-state index in [1.165, 1.54) is 0 Å². The Morgan fingerprint density at radius 2 is 1.90 bits per heavy atom. The van der Waals surface area contributed by atoms with Crippen LogP contribution >= 0.6 is 15.9 Å². The number of ether oxygens (including phenoxy) is 2. The molecule has 0 saturated carbocycles. The zero-order valence-corrected chi connectivity index (χ0v) is 13.9. The molecule has 0 saturated heterocycles. The number of methoxy groups -OCH3 is 2. The van der Waals surface area contributed by atoms with E-state index in [9.17, 15) is 4.79 Å². The van der Waals surface area contributed by atoms with Crippen LogP contribution in [0.2, 0.25) is 0 Å². The van der Waals surface area contributed by atoms with Crippen LogP contribution < -0.4 is 0 Å². The topological polar surface area (TPSA) is 38.8 Å². The average Bonchev–Trinajstić information content (AvgIpc) is 2.45. The van der Waals surface area contributed by atoms with E-state index in [0.717, 1.165) is 16.5 Å². The van der Waals surface area contributed by atoms with E-state index in [4.69, 9.17) is 9.47 Å². The fourth-order valence-electron chi connectivity index (χ4n) is 1.88. The summed E-state index contributed by atoms with van der Waals surface area (Å²) in [6.45, 7) is 4.43. The third-order valence-corrected chi connectivity index (χ3v) is 3.92. The van der Waals surface area contributed by atoms with Crippen molar-refractivity contribution in [1.82, 2.24) is 4.90 Å². The fraction of sp³-hybridized carbons (Fsp3) is 0.533. The lowest BCUT2D eigenvalue weighted by Gasteiger charge is -2.22. The first kappa shape index (κ1) is 17.1. The highest BCUT2D eigenvalue weighted by Gasteiger charge is 2.15. The number of nitrogens with zero attached hydrogens (tertiary/aromatic N) is 1. The number of rotatable bonds is 8. The molecule has 0 atom stereocenters. The van der Waals surface area contributed by atoms with Gasteiger partial charge in [0.1, 0.15) is 0 Å². The van der Waals surface area contributed by atoms with Crippen molar-refractivity contribution in [3.63, 3.8) is 0 Å². The molecule has 1 amide bonds. The molecule has 0 aliphatic heterocycles. The zero-order chi connectivity index (χ0) is 15.0. The Hall–Kier alpha value is -0.910. The van der Waals surface area contributed by atoms with Crippen molar-refractivity contribution in [2.24, 2.45) is 0 Å². The number of hydrogen-bond donors (Lipinski definition) is 0. The third kappa shape index (κ3) is 5.23. The monoisotopic (exact) mass is 343 g/mol. The van der Waals surface area contributed by atoms with Gasteiger partial charge in [-0.15, -0.1) is 0 Å². The minimum absolute atomic E-state index is 0.0359. The highest BCUT2D eigenvalue weighted by Crippen LogP contribution is 2.18. The van der Waals surface area contributed by atoms with Gasteiger partial charge >= 0.3 is 0 Å². The normalized spacial score (nSPS) is 10.6. The molecule has 0 fully saturated rings. The predicted octanol–water partition coefficient (Wildman–Crippen LogP) is 2.88. The van der Waals surface area contributed by atoms with Gasteiger partial charge in [-0.3, -0.25) is 4.79 Å². The van der Waals surface area contributed by atoms with Gasteiger partial charge in [0.2, 0.25) is 0 Å². The Morgan fingerprint density at radius 1 is 1.20 bits per heavy atom. The number of carbonyl (C=O) groups is 1. The second-order valence-electron chi connectivity index (χ2n) is 4.60. The van der Waals surface area contributed by atoms with Crippen molar-refractivity contribution >= 4 is 21.8 Å². The van der Waals surface area contributed by atoms with Crippen LogP contribution in [0.5, 0.6) is 0 Å². The molecule has 1 rings (SSSR count). The van der Waals surface area contributed by atoms with Gasteiger partial charge in [0.25, 0.3) is 5.91 Å². The van der Waals surface area contributed by atoms with Crippen LogP contribution in [0.15, 0.2) is 22.7 Å². The fourth-order valence-corrected chi connectivity index (χ4v) is 2.12. The van der Waals surface area contributed by atoms with Crippen LogP contribution in [0, 0.1) is 6.92 Å². The molecule has 4 nitrogen and oxygen atoms in total. The standard InChI is InChI=1S/C15H22BrNO3/c1-12-11-13(5-6-14(12)16)15(18)17(8-10-20-3)7-4-9-19-2/h5-6,11H,4,7-10H2,1-3H3. The van der Waals surface area contributed by atoms with Crippen LogP contribution in [-0.2, 0) is 9.47 Å². The van der Waals surface area contributed by atoms with E-state index in [1.807, 2.05) is 30.0 Å².